The summed E-state index contributed by atoms with van der Waals surface area (Å²) in [5.74, 6) is -0.108. The van der Waals surface area contributed by atoms with E-state index in [-0.39, 0.29) is 5.91 Å². The lowest BCUT2D eigenvalue weighted by atomic mass is 10.1. The van der Waals surface area contributed by atoms with Crippen LogP contribution >= 0.6 is 22.7 Å². The third-order valence-corrected chi connectivity index (χ3v) is 4.79. The molecule has 0 atom stereocenters. The minimum atomic E-state index is -0.108. The van der Waals surface area contributed by atoms with Crippen LogP contribution in [-0.2, 0) is 0 Å². The predicted octanol–water partition coefficient (Wildman–Crippen LogP) is 4.74. The SMILES string of the molecule is Cc1ccc(C)c(C(=O)Nc2nc(-c3cccs3)cs2)c1. The summed E-state index contributed by atoms with van der Waals surface area (Å²) in [6.07, 6.45) is 0. The maximum atomic E-state index is 12.3. The zero-order valence-electron chi connectivity index (χ0n) is 11.7. The lowest BCUT2D eigenvalue weighted by molar-refractivity contribution is 0.102. The number of carbonyl (C=O) groups excluding carboxylic acids is 1. The number of hydrogen-bond donors (Lipinski definition) is 1. The monoisotopic (exact) mass is 314 g/mol. The van der Waals surface area contributed by atoms with Gasteiger partial charge in [-0.2, -0.15) is 0 Å². The van der Waals surface area contributed by atoms with Gasteiger partial charge in [0.05, 0.1) is 10.6 Å². The van der Waals surface area contributed by atoms with Gasteiger partial charge in [0.1, 0.15) is 0 Å². The van der Waals surface area contributed by atoms with Gasteiger partial charge < -0.3 is 0 Å². The number of hydrogen-bond acceptors (Lipinski definition) is 4. The summed E-state index contributed by atoms with van der Waals surface area (Å²) in [5, 5.41) is 7.49. The Morgan fingerprint density at radius 2 is 2.05 bits per heavy atom. The third kappa shape index (κ3) is 3.04. The molecule has 0 aliphatic carbocycles. The second kappa shape index (κ2) is 5.79. The number of anilines is 1. The van der Waals surface area contributed by atoms with E-state index in [1.165, 1.54) is 11.3 Å². The molecule has 1 N–H and O–H groups in total. The first-order valence-corrected chi connectivity index (χ1v) is 8.27. The van der Waals surface area contributed by atoms with Gasteiger partial charge in [-0.3, -0.25) is 10.1 Å². The van der Waals surface area contributed by atoms with Crippen LogP contribution in [0.25, 0.3) is 10.6 Å². The molecule has 0 unspecified atom stereocenters. The summed E-state index contributed by atoms with van der Waals surface area (Å²) in [6, 6.07) is 9.88. The molecule has 0 aliphatic heterocycles. The first-order valence-electron chi connectivity index (χ1n) is 6.51. The number of aryl methyl sites for hydroxylation is 2. The summed E-state index contributed by atoms with van der Waals surface area (Å²) < 4.78 is 0. The highest BCUT2D eigenvalue weighted by Crippen LogP contribution is 2.28. The minimum absolute atomic E-state index is 0.108. The Bertz CT molecular complexity index is 775. The van der Waals surface area contributed by atoms with Crippen LogP contribution in [0.4, 0.5) is 5.13 Å². The average molecular weight is 314 g/mol. The van der Waals surface area contributed by atoms with E-state index in [0.717, 1.165) is 21.7 Å². The highest BCUT2D eigenvalue weighted by Gasteiger charge is 2.12. The first-order chi connectivity index (χ1) is 10.1. The normalized spacial score (nSPS) is 10.6. The van der Waals surface area contributed by atoms with Crippen LogP contribution in [0.1, 0.15) is 21.5 Å². The molecule has 0 radical (unpaired) electrons. The van der Waals surface area contributed by atoms with Crippen molar-refractivity contribution in [2.75, 3.05) is 5.32 Å². The number of rotatable bonds is 3. The predicted molar refractivity (Wildman–Crippen MR) is 89.3 cm³/mol. The van der Waals surface area contributed by atoms with Crippen molar-refractivity contribution in [3.05, 3.63) is 57.8 Å². The maximum absolute atomic E-state index is 12.3. The van der Waals surface area contributed by atoms with Crippen molar-refractivity contribution < 1.29 is 4.79 Å². The molecule has 0 saturated heterocycles. The summed E-state index contributed by atoms with van der Waals surface area (Å²) in [7, 11) is 0. The van der Waals surface area contributed by atoms with Crippen molar-refractivity contribution in [1.82, 2.24) is 4.98 Å². The van der Waals surface area contributed by atoms with Crippen LogP contribution in [0.15, 0.2) is 41.1 Å². The van der Waals surface area contributed by atoms with Gasteiger partial charge in [-0.25, -0.2) is 4.98 Å². The fraction of sp³-hybridized carbons (Fsp3) is 0.125. The number of carbonyl (C=O) groups is 1. The standard InChI is InChI=1S/C16H14N2OS2/c1-10-5-6-11(2)12(8-10)15(19)18-16-17-13(9-21-16)14-4-3-7-20-14/h3-9H,1-2H3,(H,17,18,19). The van der Waals surface area contributed by atoms with Crippen LogP contribution in [0.2, 0.25) is 0 Å². The van der Waals surface area contributed by atoms with E-state index in [1.807, 2.05) is 54.9 Å². The number of aromatic nitrogens is 1. The van der Waals surface area contributed by atoms with Gasteiger partial charge >= 0.3 is 0 Å². The Balaban J connectivity index is 1.80. The molecule has 3 nitrogen and oxygen atoms in total. The van der Waals surface area contributed by atoms with E-state index in [4.69, 9.17) is 0 Å². The van der Waals surface area contributed by atoms with Crippen molar-refractivity contribution in [3.8, 4) is 10.6 Å². The average Bonchev–Trinajstić information content (AvgIpc) is 3.11. The van der Waals surface area contributed by atoms with Crippen molar-refractivity contribution in [2.24, 2.45) is 0 Å². The number of benzene rings is 1. The molecular formula is C16H14N2OS2. The molecule has 0 aliphatic rings. The van der Waals surface area contributed by atoms with Crippen molar-refractivity contribution in [1.29, 1.82) is 0 Å². The van der Waals surface area contributed by atoms with E-state index < -0.39 is 0 Å². The fourth-order valence-corrected chi connectivity index (χ4v) is 3.48. The van der Waals surface area contributed by atoms with Gasteiger partial charge in [0, 0.05) is 10.9 Å². The molecule has 2 aromatic heterocycles. The molecule has 0 fully saturated rings. The summed E-state index contributed by atoms with van der Waals surface area (Å²) in [6.45, 7) is 3.92. The molecule has 0 spiro atoms. The van der Waals surface area contributed by atoms with Gasteiger partial charge in [0.25, 0.3) is 5.91 Å². The van der Waals surface area contributed by atoms with Crippen LogP contribution in [0.3, 0.4) is 0 Å². The highest BCUT2D eigenvalue weighted by molar-refractivity contribution is 7.16. The molecule has 1 amide bonds. The number of thiophene rings is 1. The third-order valence-electron chi connectivity index (χ3n) is 3.14. The number of nitrogens with one attached hydrogen (secondary N) is 1. The smallest absolute Gasteiger partial charge is 0.257 e. The molecule has 21 heavy (non-hydrogen) atoms. The summed E-state index contributed by atoms with van der Waals surface area (Å²) >= 11 is 3.08. The van der Waals surface area contributed by atoms with Crippen molar-refractivity contribution in [3.63, 3.8) is 0 Å². The highest BCUT2D eigenvalue weighted by atomic mass is 32.1. The Labute approximate surface area is 131 Å². The number of thiazole rings is 1. The summed E-state index contributed by atoms with van der Waals surface area (Å²) in [4.78, 5) is 17.9. The van der Waals surface area contributed by atoms with E-state index in [1.54, 1.807) is 11.3 Å². The van der Waals surface area contributed by atoms with Crippen molar-refractivity contribution in [2.45, 2.75) is 13.8 Å². The van der Waals surface area contributed by atoms with E-state index >= 15 is 0 Å². The zero-order chi connectivity index (χ0) is 14.8. The van der Waals surface area contributed by atoms with Gasteiger partial charge in [0.15, 0.2) is 5.13 Å². The van der Waals surface area contributed by atoms with E-state index in [9.17, 15) is 4.79 Å². The molecule has 5 heteroatoms. The minimum Gasteiger partial charge on any atom is -0.298 e. The number of amides is 1. The Kier molecular flexibility index (Phi) is 3.86. The van der Waals surface area contributed by atoms with Gasteiger partial charge in [0.2, 0.25) is 0 Å². The molecule has 0 saturated carbocycles. The molecule has 1 aromatic carbocycles. The molecule has 3 rings (SSSR count). The van der Waals surface area contributed by atoms with Gasteiger partial charge in [-0.15, -0.1) is 22.7 Å². The lowest BCUT2D eigenvalue weighted by Gasteiger charge is -2.06. The van der Waals surface area contributed by atoms with Crippen LogP contribution in [0, 0.1) is 13.8 Å². The quantitative estimate of drug-likeness (QED) is 0.758. The molecule has 106 valence electrons. The number of nitrogens with zero attached hydrogens (tertiary/aromatic N) is 1. The topological polar surface area (TPSA) is 42.0 Å². The maximum Gasteiger partial charge on any atom is 0.257 e. The van der Waals surface area contributed by atoms with Gasteiger partial charge in [-0.05, 0) is 36.9 Å². The summed E-state index contributed by atoms with van der Waals surface area (Å²) in [5.41, 5.74) is 3.64. The second-order valence-corrected chi connectivity index (χ2v) is 6.59. The van der Waals surface area contributed by atoms with Crippen LogP contribution < -0.4 is 5.32 Å². The molecule has 0 bridgehead atoms. The Morgan fingerprint density at radius 1 is 1.19 bits per heavy atom. The molecular weight excluding hydrogens is 300 g/mol. The Morgan fingerprint density at radius 3 is 2.81 bits per heavy atom. The molecule has 3 aromatic rings. The molecule has 2 heterocycles. The van der Waals surface area contributed by atoms with Crippen LogP contribution in [-0.4, -0.2) is 10.9 Å². The van der Waals surface area contributed by atoms with E-state index in [0.29, 0.717) is 10.7 Å². The van der Waals surface area contributed by atoms with Crippen LogP contribution in [0.5, 0.6) is 0 Å². The second-order valence-electron chi connectivity index (χ2n) is 4.79. The van der Waals surface area contributed by atoms with Gasteiger partial charge in [-0.1, -0.05) is 23.8 Å². The zero-order valence-corrected chi connectivity index (χ0v) is 13.3. The first kappa shape index (κ1) is 14.0. The van der Waals surface area contributed by atoms with E-state index in [2.05, 4.69) is 10.3 Å². The Hall–Kier alpha value is -1.98. The largest absolute Gasteiger partial charge is 0.298 e. The van der Waals surface area contributed by atoms with Crippen molar-refractivity contribution >= 4 is 33.7 Å². The fourth-order valence-electron chi connectivity index (χ4n) is 2.01. The lowest BCUT2D eigenvalue weighted by Crippen LogP contribution is -2.13.